The van der Waals surface area contributed by atoms with Crippen molar-refractivity contribution in [1.29, 1.82) is 0 Å². The second kappa shape index (κ2) is 6.12. The first-order valence-corrected chi connectivity index (χ1v) is 6.02. The monoisotopic (exact) mass is 239 g/mol. The van der Waals surface area contributed by atoms with E-state index in [-0.39, 0.29) is 17.5 Å². The summed E-state index contributed by atoms with van der Waals surface area (Å²) in [5.74, 6) is -0.186. The normalized spacial score (nSPS) is 13.7. The van der Waals surface area contributed by atoms with Crippen molar-refractivity contribution in [2.75, 3.05) is 13.7 Å². The maximum Gasteiger partial charge on any atom is 0.123 e. The van der Waals surface area contributed by atoms with E-state index in [4.69, 9.17) is 4.74 Å². The fourth-order valence-electron chi connectivity index (χ4n) is 1.66. The Balaban J connectivity index is 2.66. The Bertz CT molecular complexity index is 352. The highest BCUT2D eigenvalue weighted by atomic mass is 19.1. The fourth-order valence-corrected chi connectivity index (χ4v) is 1.66. The Kier molecular flexibility index (Phi) is 5.09. The number of hydrogen-bond acceptors (Lipinski definition) is 2. The molecule has 0 fully saturated rings. The molecule has 0 saturated carbocycles. The highest BCUT2D eigenvalue weighted by Gasteiger charge is 2.18. The molecule has 1 unspecified atom stereocenters. The van der Waals surface area contributed by atoms with E-state index in [9.17, 15) is 4.39 Å². The van der Waals surface area contributed by atoms with Gasteiger partial charge in [0, 0.05) is 19.7 Å². The van der Waals surface area contributed by atoms with Crippen LogP contribution in [0.1, 0.15) is 38.8 Å². The summed E-state index contributed by atoms with van der Waals surface area (Å²) >= 11 is 0. The summed E-state index contributed by atoms with van der Waals surface area (Å²) < 4.78 is 18.5. The molecule has 0 radical (unpaired) electrons. The van der Waals surface area contributed by atoms with Gasteiger partial charge < -0.3 is 10.1 Å². The molecule has 1 N–H and O–H groups in total. The third-order valence-electron chi connectivity index (χ3n) is 2.99. The lowest BCUT2D eigenvalue weighted by atomic mass is 10.0. The molecule has 17 heavy (non-hydrogen) atoms. The van der Waals surface area contributed by atoms with Crippen LogP contribution in [0, 0.1) is 5.82 Å². The molecule has 3 heteroatoms. The van der Waals surface area contributed by atoms with Crippen LogP contribution in [0.2, 0.25) is 0 Å². The first-order chi connectivity index (χ1) is 7.98. The zero-order valence-corrected chi connectivity index (χ0v) is 11.1. The number of ether oxygens (including phenoxy) is 1. The lowest BCUT2D eigenvalue weighted by Gasteiger charge is -2.27. The summed E-state index contributed by atoms with van der Waals surface area (Å²) in [5, 5.41) is 3.41. The molecule has 1 aromatic rings. The van der Waals surface area contributed by atoms with Gasteiger partial charge in [0.15, 0.2) is 0 Å². The van der Waals surface area contributed by atoms with E-state index < -0.39 is 0 Å². The molecule has 0 spiro atoms. The van der Waals surface area contributed by atoms with Gasteiger partial charge in [0.05, 0.1) is 5.60 Å². The number of halogens is 1. The molecule has 0 amide bonds. The lowest BCUT2D eigenvalue weighted by Crippen LogP contribution is -2.38. The summed E-state index contributed by atoms with van der Waals surface area (Å²) in [6.07, 6.45) is 0.920. The number of rotatable bonds is 6. The average Bonchev–Trinajstić information content (AvgIpc) is 2.30. The van der Waals surface area contributed by atoms with Gasteiger partial charge in [-0.3, -0.25) is 0 Å². The van der Waals surface area contributed by atoms with E-state index in [1.165, 1.54) is 6.07 Å². The third-order valence-corrected chi connectivity index (χ3v) is 2.99. The van der Waals surface area contributed by atoms with Crippen LogP contribution in [-0.4, -0.2) is 19.3 Å². The molecule has 96 valence electrons. The van der Waals surface area contributed by atoms with Crippen LogP contribution >= 0.6 is 0 Å². The second-order valence-corrected chi connectivity index (χ2v) is 4.86. The summed E-state index contributed by atoms with van der Waals surface area (Å²) in [5.41, 5.74) is 0.778. The summed E-state index contributed by atoms with van der Waals surface area (Å²) in [6, 6.07) is 6.91. The van der Waals surface area contributed by atoms with Gasteiger partial charge in [0.1, 0.15) is 5.82 Å². The summed E-state index contributed by atoms with van der Waals surface area (Å²) in [4.78, 5) is 0. The Labute approximate surface area is 103 Å². The highest BCUT2D eigenvalue weighted by Crippen LogP contribution is 2.18. The molecule has 0 aliphatic heterocycles. The van der Waals surface area contributed by atoms with E-state index in [2.05, 4.69) is 12.2 Å². The molecule has 0 aromatic heterocycles. The van der Waals surface area contributed by atoms with Crippen LogP contribution in [0.25, 0.3) is 0 Å². The Morgan fingerprint density at radius 1 is 1.41 bits per heavy atom. The molecule has 2 nitrogen and oxygen atoms in total. The van der Waals surface area contributed by atoms with Gasteiger partial charge >= 0.3 is 0 Å². The van der Waals surface area contributed by atoms with Gasteiger partial charge in [-0.05, 0) is 38.0 Å². The second-order valence-electron chi connectivity index (χ2n) is 4.86. The van der Waals surface area contributed by atoms with Crippen molar-refractivity contribution in [3.05, 3.63) is 35.6 Å². The number of hydrogen-bond donors (Lipinski definition) is 1. The smallest absolute Gasteiger partial charge is 0.123 e. The summed E-state index contributed by atoms with van der Waals surface area (Å²) in [7, 11) is 1.70. The van der Waals surface area contributed by atoms with Crippen LogP contribution in [0.3, 0.4) is 0 Å². The molecular weight excluding hydrogens is 217 g/mol. The molecule has 1 rings (SSSR count). The first kappa shape index (κ1) is 14.1. The minimum absolute atomic E-state index is 0.167. The Morgan fingerprint density at radius 3 is 2.65 bits per heavy atom. The van der Waals surface area contributed by atoms with E-state index in [1.807, 2.05) is 19.9 Å². The van der Waals surface area contributed by atoms with Gasteiger partial charge in [-0.25, -0.2) is 4.39 Å². The Morgan fingerprint density at radius 2 is 2.12 bits per heavy atom. The van der Waals surface area contributed by atoms with Crippen LogP contribution in [0.15, 0.2) is 24.3 Å². The summed E-state index contributed by atoms with van der Waals surface area (Å²) in [6.45, 7) is 6.87. The zero-order valence-electron chi connectivity index (χ0n) is 11.1. The van der Waals surface area contributed by atoms with Crippen LogP contribution < -0.4 is 5.32 Å². The number of nitrogens with one attached hydrogen (secondary N) is 1. The van der Waals surface area contributed by atoms with Crippen molar-refractivity contribution in [1.82, 2.24) is 5.32 Å². The molecule has 0 heterocycles. The maximum atomic E-state index is 13.2. The minimum Gasteiger partial charge on any atom is -0.377 e. The topological polar surface area (TPSA) is 21.3 Å². The molecule has 0 aliphatic carbocycles. The minimum atomic E-state index is -0.208. The highest BCUT2D eigenvalue weighted by molar-refractivity contribution is 5.20. The molecule has 0 saturated heterocycles. The molecular formula is C14H22FNO. The van der Waals surface area contributed by atoms with Gasteiger partial charge in [-0.2, -0.15) is 0 Å². The van der Waals surface area contributed by atoms with Gasteiger partial charge in [0.25, 0.3) is 0 Å². The predicted octanol–water partition coefficient (Wildman–Crippen LogP) is 3.29. The van der Waals surface area contributed by atoms with E-state index in [0.717, 1.165) is 18.5 Å². The first-order valence-electron chi connectivity index (χ1n) is 6.02. The van der Waals surface area contributed by atoms with Gasteiger partial charge in [0.2, 0.25) is 0 Å². The Hall–Kier alpha value is -0.930. The molecule has 1 atom stereocenters. The fraction of sp³-hybridized carbons (Fsp3) is 0.571. The quantitative estimate of drug-likeness (QED) is 0.822. The van der Waals surface area contributed by atoms with Crippen molar-refractivity contribution >= 4 is 0 Å². The van der Waals surface area contributed by atoms with E-state index in [0.29, 0.717) is 0 Å². The molecule has 0 bridgehead atoms. The zero-order chi connectivity index (χ0) is 12.9. The SMILES string of the molecule is CCC(NCC(C)(C)OC)c1cccc(F)c1. The lowest BCUT2D eigenvalue weighted by molar-refractivity contribution is 0.0209. The third kappa shape index (κ3) is 4.44. The van der Waals surface area contributed by atoms with Gasteiger partial charge in [-0.15, -0.1) is 0 Å². The van der Waals surface area contributed by atoms with E-state index in [1.54, 1.807) is 19.2 Å². The maximum absolute atomic E-state index is 13.2. The van der Waals surface area contributed by atoms with Crippen molar-refractivity contribution in [2.45, 2.75) is 38.8 Å². The van der Waals surface area contributed by atoms with Gasteiger partial charge in [-0.1, -0.05) is 19.1 Å². The largest absolute Gasteiger partial charge is 0.377 e. The number of benzene rings is 1. The van der Waals surface area contributed by atoms with Crippen molar-refractivity contribution < 1.29 is 9.13 Å². The molecule has 1 aromatic carbocycles. The van der Waals surface area contributed by atoms with Crippen LogP contribution in [0.5, 0.6) is 0 Å². The average molecular weight is 239 g/mol. The van der Waals surface area contributed by atoms with Crippen molar-refractivity contribution in [3.8, 4) is 0 Å². The molecule has 0 aliphatic rings. The van der Waals surface area contributed by atoms with Crippen molar-refractivity contribution in [2.24, 2.45) is 0 Å². The van der Waals surface area contributed by atoms with Crippen LogP contribution in [0.4, 0.5) is 4.39 Å². The van der Waals surface area contributed by atoms with Crippen molar-refractivity contribution in [3.63, 3.8) is 0 Å². The van der Waals surface area contributed by atoms with Crippen LogP contribution in [-0.2, 0) is 4.74 Å². The standard InChI is InChI=1S/C14H22FNO/c1-5-13(16-10-14(2,3)17-4)11-7-6-8-12(15)9-11/h6-9,13,16H,5,10H2,1-4H3. The predicted molar refractivity (Wildman–Crippen MR) is 68.5 cm³/mol. The number of methoxy groups -OCH3 is 1. The van der Waals surface area contributed by atoms with E-state index >= 15 is 0 Å².